The number of rotatable bonds is 8. The van der Waals surface area contributed by atoms with Crippen LogP contribution in [0.2, 0.25) is 0 Å². The topological polar surface area (TPSA) is 125 Å². The molecule has 1 aliphatic rings. The van der Waals surface area contributed by atoms with E-state index in [1.165, 1.54) is 24.5 Å². The third kappa shape index (κ3) is 5.18. The first-order chi connectivity index (χ1) is 14.2. The first kappa shape index (κ1) is 23.4. The fourth-order valence-corrected chi connectivity index (χ4v) is 4.02. The molecule has 0 saturated heterocycles. The molecule has 0 fully saturated rings. The van der Waals surface area contributed by atoms with Crippen LogP contribution in [0.3, 0.4) is 0 Å². The van der Waals surface area contributed by atoms with Crippen molar-refractivity contribution >= 4 is 34.1 Å². The fourth-order valence-electron chi connectivity index (χ4n) is 3.42. The van der Waals surface area contributed by atoms with Crippen molar-refractivity contribution in [3.05, 3.63) is 51.2 Å². The molecule has 0 saturated carbocycles. The van der Waals surface area contributed by atoms with E-state index >= 15 is 0 Å². The number of nitro benzene ring substituents is 1. The Morgan fingerprint density at radius 2 is 1.90 bits per heavy atom. The predicted octanol–water partition coefficient (Wildman–Crippen LogP) is 2.53. The zero-order valence-corrected chi connectivity index (χ0v) is 18.1. The van der Waals surface area contributed by atoms with Crippen LogP contribution in [0.4, 0.5) is 5.69 Å². The van der Waals surface area contributed by atoms with Crippen LogP contribution in [0.5, 0.6) is 0 Å². The highest BCUT2D eigenvalue weighted by molar-refractivity contribution is 7.84. The normalized spacial score (nSPS) is 19.7. The number of carbonyl (C=O) groups excluding carboxylic acids is 2. The van der Waals surface area contributed by atoms with Crippen LogP contribution in [-0.2, 0) is 29.9 Å². The zero-order valence-electron chi connectivity index (χ0n) is 17.2. The minimum atomic E-state index is -1.32. The Morgan fingerprint density at radius 3 is 2.47 bits per heavy atom. The largest absolute Gasteiger partial charge is 0.465 e. The maximum absolute atomic E-state index is 12.9. The summed E-state index contributed by atoms with van der Waals surface area (Å²) in [5, 5.41) is 11.3. The van der Waals surface area contributed by atoms with Crippen LogP contribution >= 0.6 is 0 Å². The molecule has 1 aromatic rings. The van der Waals surface area contributed by atoms with Crippen molar-refractivity contribution in [3.8, 4) is 0 Å². The third-order valence-corrected chi connectivity index (χ3v) is 5.21. The molecule has 0 amide bonds. The summed E-state index contributed by atoms with van der Waals surface area (Å²) in [6.45, 7) is 5.11. The van der Waals surface area contributed by atoms with Gasteiger partial charge in [0.2, 0.25) is 0 Å². The molecule has 10 heteroatoms. The molecule has 0 aliphatic carbocycles. The molecule has 2 rings (SSSR count). The minimum Gasteiger partial charge on any atom is -0.465 e. The summed E-state index contributed by atoms with van der Waals surface area (Å²) in [4.78, 5) is 40.8. The Morgan fingerprint density at radius 1 is 1.23 bits per heavy atom. The van der Waals surface area contributed by atoms with Gasteiger partial charge in [0.1, 0.15) is 5.92 Å². The molecule has 0 spiro atoms. The average molecular weight is 436 g/mol. The van der Waals surface area contributed by atoms with Gasteiger partial charge in [-0.05, 0) is 26.3 Å². The third-order valence-electron chi connectivity index (χ3n) is 4.53. The molecular weight excluding hydrogens is 412 g/mol. The number of non-ortho nitro benzene ring substituents is 1. The molecule has 1 aliphatic heterocycles. The highest BCUT2D eigenvalue weighted by Crippen LogP contribution is 2.41. The van der Waals surface area contributed by atoms with Gasteiger partial charge in [0.05, 0.1) is 35.2 Å². The van der Waals surface area contributed by atoms with E-state index in [0.717, 1.165) is 0 Å². The van der Waals surface area contributed by atoms with Crippen molar-refractivity contribution in [1.82, 2.24) is 0 Å². The molecule has 0 bridgehead atoms. The van der Waals surface area contributed by atoms with Gasteiger partial charge in [-0.2, -0.15) is 0 Å². The second-order valence-electron chi connectivity index (χ2n) is 6.61. The fraction of sp³-hybridized carbons (Fsp3) is 0.450. The van der Waals surface area contributed by atoms with E-state index in [-0.39, 0.29) is 35.9 Å². The molecule has 30 heavy (non-hydrogen) atoms. The van der Waals surface area contributed by atoms with Crippen LogP contribution in [0.1, 0.15) is 32.3 Å². The van der Waals surface area contributed by atoms with Gasteiger partial charge in [0.25, 0.3) is 5.69 Å². The Kier molecular flexibility index (Phi) is 7.99. The van der Waals surface area contributed by atoms with Gasteiger partial charge in [0, 0.05) is 40.8 Å². The van der Waals surface area contributed by atoms with Crippen molar-refractivity contribution in [3.63, 3.8) is 0 Å². The van der Waals surface area contributed by atoms with E-state index in [9.17, 15) is 23.9 Å². The molecule has 3 atom stereocenters. The number of ether oxygens (including phenoxy) is 2. The maximum Gasteiger partial charge on any atom is 0.336 e. The number of hydrogen-bond donors (Lipinski definition) is 0. The Labute approximate surface area is 176 Å². The number of aliphatic imine (C=N–C) groups is 1. The van der Waals surface area contributed by atoms with Gasteiger partial charge in [0.15, 0.2) is 0 Å². The Balaban J connectivity index is 2.78. The summed E-state index contributed by atoms with van der Waals surface area (Å²) in [6, 6.07) is 5.72. The van der Waals surface area contributed by atoms with Crippen LogP contribution in [-0.4, -0.2) is 52.0 Å². The monoisotopic (exact) mass is 436 g/mol. The van der Waals surface area contributed by atoms with E-state index in [2.05, 4.69) is 4.99 Å². The maximum atomic E-state index is 12.9. The van der Waals surface area contributed by atoms with Crippen LogP contribution < -0.4 is 0 Å². The molecule has 162 valence electrons. The van der Waals surface area contributed by atoms with Gasteiger partial charge >= 0.3 is 11.9 Å². The van der Waals surface area contributed by atoms with E-state index < -0.39 is 39.5 Å². The van der Waals surface area contributed by atoms with Crippen LogP contribution in [0, 0.1) is 16.0 Å². The number of benzene rings is 1. The molecular formula is C20H24N2O7S. The molecule has 1 heterocycles. The lowest BCUT2D eigenvalue weighted by molar-refractivity contribution is -0.384. The smallest absolute Gasteiger partial charge is 0.336 e. The molecule has 0 aromatic heterocycles. The van der Waals surface area contributed by atoms with Crippen LogP contribution in [0.15, 0.2) is 40.5 Å². The highest BCUT2D eigenvalue weighted by Gasteiger charge is 2.43. The zero-order chi connectivity index (χ0) is 22.4. The van der Waals surface area contributed by atoms with Gasteiger partial charge in [-0.15, -0.1) is 0 Å². The minimum absolute atomic E-state index is 0.0214. The molecule has 1 aromatic carbocycles. The predicted molar refractivity (Wildman–Crippen MR) is 112 cm³/mol. The number of nitrogens with zero attached hydrogens (tertiary/aromatic N) is 2. The standard InChI is InChI=1S/C20H24N2O7S/c1-5-28-19(23)16-12(3)21-15(11-30(4)27)18(20(24)29-6-2)17(16)13-8-7-9-14(10-13)22(25)26/h7-10,16-17H,5-6,11H2,1-4H3. The lowest BCUT2D eigenvalue weighted by Crippen LogP contribution is -2.37. The summed E-state index contributed by atoms with van der Waals surface area (Å²) in [5.74, 6) is -3.22. The lowest BCUT2D eigenvalue weighted by atomic mass is 9.75. The van der Waals surface area contributed by atoms with E-state index in [1.807, 2.05) is 0 Å². The van der Waals surface area contributed by atoms with Gasteiger partial charge in [-0.25, -0.2) is 4.79 Å². The Bertz CT molecular complexity index is 939. The first-order valence-electron chi connectivity index (χ1n) is 9.37. The summed E-state index contributed by atoms with van der Waals surface area (Å²) in [5.41, 5.74) is 0.872. The van der Waals surface area contributed by atoms with Crippen molar-refractivity contribution in [2.45, 2.75) is 26.7 Å². The van der Waals surface area contributed by atoms with Gasteiger partial charge < -0.3 is 9.47 Å². The Hall–Kier alpha value is -2.88. The van der Waals surface area contributed by atoms with Crippen molar-refractivity contribution < 1.29 is 28.2 Å². The van der Waals surface area contributed by atoms with Gasteiger partial charge in [-0.1, -0.05) is 12.1 Å². The summed E-state index contributed by atoms with van der Waals surface area (Å²) >= 11 is 0. The molecule has 3 unspecified atom stereocenters. The van der Waals surface area contributed by atoms with Crippen LogP contribution in [0.25, 0.3) is 0 Å². The number of nitro groups is 1. The number of esters is 2. The summed E-state index contributed by atoms with van der Waals surface area (Å²) in [6.07, 6.45) is 1.47. The van der Waals surface area contributed by atoms with Crippen molar-refractivity contribution in [2.75, 3.05) is 25.2 Å². The average Bonchev–Trinajstić information content (AvgIpc) is 2.67. The quantitative estimate of drug-likeness (QED) is 0.348. The first-order valence-corrected chi connectivity index (χ1v) is 11.1. The summed E-state index contributed by atoms with van der Waals surface area (Å²) < 4.78 is 22.3. The number of hydrogen-bond acceptors (Lipinski definition) is 8. The second kappa shape index (κ2) is 10.2. The van der Waals surface area contributed by atoms with Crippen molar-refractivity contribution in [1.29, 1.82) is 0 Å². The molecule has 9 nitrogen and oxygen atoms in total. The van der Waals surface area contributed by atoms with E-state index in [0.29, 0.717) is 11.3 Å². The summed E-state index contributed by atoms with van der Waals surface area (Å²) in [7, 11) is -1.32. The van der Waals surface area contributed by atoms with E-state index in [4.69, 9.17) is 9.47 Å². The molecule has 0 N–H and O–H groups in total. The van der Waals surface area contributed by atoms with Crippen molar-refractivity contribution in [2.24, 2.45) is 10.9 Å². The van der Waals surface area contributed by atoms with E-state index in [1.54, 1.807) is 26.8 Å². The second-order valence-corrected chi connectivity index (χ2v) is 8.05. The van der Waals surface area contributed by atoms with Gasteiger partial charge in [-0.3, -0.25) is 24.1 Å². The lowest BCUT2D eigenvalue weighted by Gasteiger charge is -2.32. The highest BCUT2D eigenvalue weighted by atomic mass is 32.2. The SMILES string of the molecule is CCOC(=O)C1=C(CS(C)=O)N=C(C)C(C(=O)OCC)C1c1cccc([N+](=O)[O-])c1. The molecule has 0 radical (unpaired) electrons. The number of carbonyl (C=O) groups is 2.